The number of nitrogens with zero attached hydrogens (tertiary/aromatic N) is 1. The molecular formula is C8H15Cl2NO2S. The molecule has 0 heterocycles. The van der Waals surface area contributed by atoms with Gasteiger partial charge in [0.05, 0.1) is 5.75 Å². The first kappa shape index (κ1) is 14.2. The fraction of sp³-hybridized carbons (Fsp3) is 0.750. The summed E-state index contributed by atoms with van der Waals surface area (Å²) in [5.41, 5.74) is 0. The summed E-state index contributed by atoms with van der Waals surface area (Å²) in [6, 6.07) is 0. The minimum atomic E-state index is -3.12. The van der Waals surface area contributed by atoms with Gasteiger partial charge >= 0.3 is 0 Å². The average molecular weight is 260 g/mol. The van der Waals surface area contributed by atoms with E-state index in [1.54, 1.807) is 0 Å². The number of halogens is 2. The van der Waals surface area contributed by atoms with Gasteiger partial charge in [-0.1, -0.05) is 6.58 Å². The summed E-state index contributed by atoms with van der Waals surface area (Å²) >= 11 is 11.1. The summed E-state index contributed by atoms with van der Waals surface area (Å²) < 4.78 is 22.2. The van der Waals surface area contributed by atoms with Gasteiger partial charge in [-0.3, -0.25) is 4.90 Å². The highest BCUT2D eigenvalue weighted by Gasteiger charge is 2.09. The number of alkyl halides is 2. The van der Waals surface area contributed by atoms with Crippen LogP contribution in [-0.4, -0.2) is 50.5 Å². The zero-order valence-electron chi connectivity index (χ0n) is 7.95. The van der Waals surface area contributed by atoms with Crippen molar-refractivity contribution >= 4 is 33.0 Å². The summed E-state index contributed by atoms with van der Waals surface area (Å²) in [6.07, 6.45) is 0. The summed E-state index contributed by atoms with van der Waals surface area (Å²) in [5, 5.41) is 0.979. The first-order chi connectivity index (χ1) is 6.55. The highest BCUT2D eigenvalue weighted by molar-refractivity contribution is 7.94. The van der Waals surface area contributed by atoms with Crippen LogP contribution in [0, 0.1) is 0 Å². The Kier molecular flexibility index (Phi) is 7.64. The highest BCUT2D eigenvalue weighted by Crippen LogP contribution is 1.96. The zero-order valence-corrected chi connectivity index (χ0v) is 10.3. The third kappa shape index (κ3) is 6.65. The summed E-state index contributed by atoms with van der Waals surface area (Å²) in [4.78, 5) is 1.92. The van der Waals surface area contributed by atoms with Crippen molar-refractivity contribution in [3.8, 4) is 0 Å². The minimum absolute atomic E-state index is 0.0737. The fourth-order valence-corrected chi connectivity index (χ4v) is 2.07. The van der Waals surface area contributed by atoms with Crippen LogP contribution in [0.5, 0.6) is 0 Å². The fourth-order valence-electron chi connectivity index (χ4n) is 0.914. The minimum Gasteiger partial charge on any atom is -0.300 e. The molecule has 0 aromatic heterocycles. The van der Waals surface area contributed by atoms with Crippen molar-refractivity contribution in [1.29, 1.82) is 0 Å². The first-order valence-corrected chi connectivity index (χ1v) is 7.03. The van der Waals surface area contributed by atoms with E-state index in [2.05, 4.69) is 6.58 Å². The van der Waals surface area contributed by atoms with Gasteiger partial charge in [-0.25, -0.2) is 8.42 Å². The van der Waals surface area contributed by atoms with Crippen molar-refractivity contribution in [2.45, 2.75) is 0 Å². The molecule has 0 aliphatic heterocycles. The van der Waals surface area contributed by atoms with Gasteiger partial charge in [-0.2, -0.15) is 0 Å². The van der Waals surface area contributed by atoms with Gasteiger partial charge < -0.3 is 0 Å². The van der Waals surface area contributed by atoms with Crippen molar-refractivity contribution in [3.63, 3.8) is 0 Å². The molecule has 0 atom stereocenters. The molecule has 0 aliphatic rings. The molecule has 6 heteroatoms. The SMILES string of the molecule is C=CS(=O)(=O)CCN(CCCl)CCCl. The molecule has 0 amide bonds. The Hall–Kier alpha value is 0.230. The highest BCUT2D eigenvalue weighted by atomic mass is 35.5. The van der Waals surface area contributed by atoms with Crippen molar-refractivity contribution in [2.75, 3.05) is 37.1 Å². The van der Waals surface area contributed by atoms with Gasteiger partial charge in [0, 0.05) is 36.8 Å². The molecule has 0 bridgehead atoms. The van der Waals surface area contributed by atoms with E-state index in [1.165, 1.54) is 0 Å². The number of sulfone groups is 1. The normalized spacial score (nSPS) is 11.9. The van der Waals surface area contributed by atoms with E-state index in [4.69, 9.17) is 23.2 Å². The van der Waals surface area contributed by atoms with Crippen LogP contribution in [0.1, 0.15) is 0 Å². The van der Waals surface area contributed by atoms with Crippen LogP contribution in [0.15, 0.2) is 12.0 Å². The van der Waals surface area contributed by atoms with Crippen LogP contribution in [0.3, 0.4) is 0 Å². The predicted octanol–water partition coefficient (Wildman–Crippen LogP) is 1.32. The number of rotatable bonds is 8. The lowest BCUT2D eigenvalue weighted by Gasteiger charge is -2.18. The van der Waals surface area contributed by atoms with Crippen LogP contribution < -0.4 is 0 Å². The van der Waals surface area contributed by atoms with Gasteiger partial charge in [0.25, 0.3) is 0 Å². The average Bonchev–Trinajstić information content (AvgIpc) is 2.15. The van der Waals surface area contributed by atoms with Crippen LogP contribution in [0.2, 0.25) is 0 Å². The molecule has 0 saturated heterocycles. The Bertz CT molecular complexity index is 248. The molecule has 0 aromatic carbocycles. The van der Waals surface area contributed by atoms with Crippen molar-refractivity contribution in [2.24, 2.45) is 0 Å². The molecule has 0 spiro atoms. The summed E-state index contributed by atoms with van der Waals surface area (Å²) in [6.45, 7) is 5.00. The second kappa shape index (κ2) is 7.51. The number of hydrogen-bond donors (Lipinski definition) is 0. The Labute approximate surface area is 95.6 Å². The first-order valence-electron chi connectivity index (χ1n) is 4.25. The smallest absolute Gasteiger partial charge is 0.172 e. The maximum absolute atomic E-state index is 11.1. The number of hydrogen-bond acceptors (Lipinski definition) is 3. The molecule has 0 aromatic rings. The van der Waals surface area contributed by atoms with Gasteiger partial charge in [0.2, 0.25) is 0 Å². The van der Waals surface area contributed by atoms with Crippen LogP contribution in [0.4, 0.5) is 0 Å². The van der Waals surface area contributed by atoms with Gasteiger partial charge in [0.1, 0.15) is 0 Å². The standard InChI is InChI=1S/C8H15Cl2NO2S/c1-2-14(12,13)8-7-11(5-3-9)6-4-10/h2H,1,3-8H2. The van der Waals surface area contributed by atoms with Crippen molar-refractivity contribution in [3.05, 3.63) is 12.0 Å². The molecule has 0 aliphatic carbocycles. The second-order valence-corrected chi connectivity index (χ2v) is 5.58. The molecule has 0 rings (SSSR count). The second-order valence-electron chi connectivity index (χ2n) is 2.75. The zero-order chi connectivity index (χ0) is 11.0. The third-order valence-electron chi connectivity index (χ3n) is 1.75. The van der Waals surface area contributed by atoms with E-state index in [0.717, 1.165) is 5.41 Å². The monoisotopic (exact) mass is 259 g/mol. The third-order valence-corrected chi connectivity index (χ3v) is 3.34. The van der Waals surface area contributed by atoms with Gasteiger partial charge in [-0.05, 0) is 0 Å². The molecule has 0 saturated carbocycles. The lowest BCUT2D eigenvalue weighted by Crippen LogP contribution is -2.32. The maximum Gasteiger partial charge on any atom is 0.172 e. The molecule has 0 unspecified atom stereocenters. The summed E-state index contributed by atoms with van der Waals surface area (Å²) in [7, 11) is -3.12. The molecule has 0 radical (unpaired) electrons. The quantitative estimate of drug-likeness (QED) is 0.618. The van der Waals surface area contributed by atoms with Crippen LogP contribution in [-0.2, 0) is 9.84 Å². The lowest BCUT2D eigenvalue weighted by atomic mass is 10.5. The van der Waals surface area contributed by atoms with E-state index in [9.17, 15) is 8.42 Å². The molecule has 3 nitrogen and oxygen atoms in total. The van der Waals surface area contributed by atoms with Gasteiger partial charge in [0.15, 0.2) is 9.84 Å². The van der Waals surface area contributed by atoms with E-state index >= 15 is 0 Å². The van der Waals surface area contributed by atoms with Crippen molar-refractivity contribution in [1.82, 2.24) is 4.90 Å². The van der Waals surface area contributed by atoms with Gasteiger partial charge in [-0.15, -0.1) is 23.2 Å². The Balaban J connectivity index is 3.98. The van der Waals surface area contributed by atoms with Crippen molar-refractivity contribution < 1.29 is 8.42 Å². The summed E-state index contributed by atoms with van der Waals surface area (Å²) in [5.74, 6) is 1.03. The van der Waals surface area contributed by atoms with E-state index in [-0.39, 0.29) is 5.75 Å². The van der Waals surface area contributed by atoms with Crippen LogP contribution >= 0.6 is 23.2 Å². The molecule has 14 heavy (non-hydrogen) atoms. The Morgan fingerprint density at radius 1 is 1.14 bits per heavy atom. The lowest BCUT2D eigenvalue weighted by molar-refractivity contribution is 0.325. The largest absolute Gasteiger partial charge is 0.300 e. The molecular weight excluding hydrogens is 245 g/mol. The van der Waals surface area contributed by atoms with Crippen LogP contribution in [0.25, 0.3) is 0 Å². The molecule has 0 N–H and O–H groups in total. The molecule has 0 fully saturated rings. The van der Waals surface area contributed by atoms with E-state index in [1.807, 2.05) is 4.90 Å². The Morgan fingerprint density at radius 3 is 2.00 bits per heavy atom. The maximum atomic E-state index is 11.1. The predicted molar refractivity (Wildman–Crippen MR) is 61.9 cm³/mol. The van der Waals surface area contributed by atoms with E-state index in [0.29, 0.717) is 31.4 Å². The molecule has 84 valence electrons. The topological polar surface area (TPSA) is 37.4 Å². The Morgan fingerprint density at radius 2 is 1.64 bits per heavy atom. The van der Waals surface area contributed by atoms with E-state index < -0.39 is 9.84 Å².